The topological polar surface area (TPSA) is 36.9 Å². The zero-order valence-electron chi connectivity index (χ0n) is 12.5. The van der Waals surface area contributed by atoms with Gasteiger partial charge < -0.3 is 17.1 Å². The Bertz CT molecular complexity index is 210. The molecule has 0 aliphatic carbocycles. The molecule has 0 aromatic carbocycles. The molecular formula is C10H28O4Si3. The van der Waals surface area contributed by atoms with Crippen molar-refractivity contribution in [3.63, 3.8) is 0 Å². The van der Waals surface area contributed by atoms with E-state index in [1.807, 2.05) is 13.8 Å². The van der Waals surface area contributed by atoms with Crippen LogP contribution in [0.25, 0.3) is 0 Å². The first-order valence-corrected chi connectivity index (χ1v) is 14.7. The van der Waals surface area contributed by atoms with Crippen molar-refractivity contribution in [2.75, 3.05) is 13.2 Å². The van der Waals surface area contributed by atoms with Gasteiger partial charge in [-0.05, 0) is 53.1 Å². The van der Waals surface area contributed by atoms with Gasteiger partial charge in [0.2, 0.25) is 0 Å². The summed E-state index contributed by atoms with van der Waals surface area (Å²) >= 11 is 0. The summed E-state index contributed by atoms with van der Waals surface area (Å²) in [5.74, 6) is 0. The van der Waals surface area contributed by atoms with Crippen LogP contribution in [0.5, 0.6) is 0 Å². The first-order valence-electron chi connectivity index (χ1n) is 6.22. The van der Waals surface area contributed by atoms with Gasteiger partial charge in [0.25, 0.3) is 0 Å². The predicted octanol–water partition coefficient (Wildman–Crippen LogP) is 3.20. The third-order valence-electron chi connectivity index (χ3n) is 1.97. The highest BCUT2D eigenvalue weighted by Crippen LogP contribution is 2.21. The van der Waals surface area contributed by atoms with Gasteiger partial charge in [-0.25, -0.2) is 0 Å². The van der Waals surface area contributed by atoms with Crippen molar-refractivity contribution < 1.29 is 17.1 Å². The Kier molecular flexibility index (Phi) is 6.79. The molecule has 17 heavy (non-hydrogen) atoms. The second-order valence-corrected chi connectivity index (χ2v) is 15.9. The second-order valence-electron chi connectivity index (χ2n) is 5.27. The highest BCUT2D eigenvalue weighted by atomic mass is 28.5. The molecule has 0 bridgehead atoms. The van der Waals surface area contributed by atoms with Gasteiger partial charge in [-0.2, -0.15) is 0 Å². The van der Waals surface area contributed by atoms with Crippen LogP contribution in [0.1, 0.15) is 13.8 Å². The summed E-state index contributed by atoms with van der Waals surface area (Å²) in [6.45, 7) is 17.7. The Morgan fingerprint density at radius 1 is 0.588 bits per heavy atom. The van der Waals surface area contributed by atoms with Gasteiger partial charge >= 0.3 is 25.7 Å². The van der Waals surface area contributed by atoms with Crippen LogP contribution in [0.3, 0.4) is 0 Å². The van der Waals surface area contributed by atoms with Gasteiger partial charge in [-0.1, -0.05) is 0 Å². The average molecular weight is 297 g/mol. The summed E-state index contributed by atoms with van der Waals surface area (Å²) in [6.07, 6.45) is 0. The normalized spacial score (nSPS) is 14.1. The monoisotopic (exact) mass is 296 g/mol. The Balaban J connectivity index is 4.47. The lowest BCUT2D eigenvalue weighted by atomic mass is 10.9. The van der Waals surface area contributed by atoms with Gasteiger partial charge in [0, 0.05) is 13.2 Å². The molecule has 0 aromatic heterocycles. The zero-order valence-corrected chi connectivity index (χ0v) is 15.5. The molecule has 0 aliphatic heterocycles. The Morgan fingerprint density at radius 2 is 0.882 bits per heavy atom. The van der Waals surface area contributed by atoms with E-state index in [1.165, 1.54) is 0 Å². The third-order valence-corrected chi connectivity index (χ3v) is 11.8. The summed E-state index contributed by atoms with van der Waals surface area (Å²) in [6, 6.07) is 0. The highest BCUT2D eigenvalue weighted by molar-refractivity contribution is 6.84. The molecule has 104 valence electrons. The zero-order chi connectivity index (χ0) is 13.7. The van der Waals surface area contributed by atoms with E-state index in [-0.39, 0.29) is 0 Å². The van der Waals surface area contributed by atoms with Crippen molar-refractivity contribution in [3.05, 3.63) is 0 Å². The average Bonchev–Trinajstić information content (AvgIpc) is 1.96. The minimum atomic E-state index is -2.18. The lowest BCUT2D eigenvalue weighted by Gasteiger charge is -2.37. The molecule has 0 heterocycles. The maximum Gasteiger partial charge on any atom is 0.322 e. The number of hydrogen-bond acceptors (Lipinski definition) is 4. The first-order chi connectivity index (χ1) is 7.54. The quantitative estimate of drug-likeness (QED) is 0.645. The van der Waals surface area contributed by atoms with Crippen molar-refractivity contribution in [2.24, 2.45) is 0 Å². The Labute approximate surface area is 109 Å². The van der Waals surface area contributed by atoms with Crippen LogP contribution in [0.2, 0.25) is 39.3 Å². The van der Waals surface area contributed by atoms with Crippen molar-refractivity contribution in [1.82, 2.24) is 0 Å². The van der Waals surface area contributed by atoms with E-state index in [4.69, 9.17) is 17.1 Å². The molecule has 0 rings (SSSR count). The molecule has 0 amide bonds. The van der Waals surface area contributed by atoms with Gasteiger partial charge in [0.05, 0.1) is 0 Å². The molecule has 0 fully saturated rings. The molecule has 0 saturated carbocycles. The van der Waals surface area contributed by atoms with Crippen molar-refractivity contribution in [1.29, 1.82) is 0 Å². The maximum atomic E-state index is 6.14. The maximum absolute atomic E-state index is 6.14. The van der Waals surface area contributed by atoms with Crippen LogP contribution in [-0.2, 0) is 17.1 Å². The number of hydrogen-bond donors (Lipinski definition) is 0. The van der Waals surface area contributed by atoms with Crippen LogP contribution in [0, 0.1) is 0 Å². The van der Waals surface area contributed by atoms with Crippen LogP contribution in [-0.4, -0.2) is 38.9 Å². The molecule has 0 spiro atoms. The van der Waals surface area contributed by atoms with E-state index < -0.39 is 25.7 Å². The van der Waals surface area contributed by atoms with E-state index in [9.17, 15) is 0 Å². The van der Waals surface area contributed by atoms with Gasteiger partial charge in [-0.3, -0.25) is 0 Å². The van der Waals surface area contributed by atoms with Crippen molar-refractivity contribution >= 4 is 25.7 Å². The minimum Gasteiger partial charge on any atom is -0.415 e. The fourth-order valence-corrected chi connectivity index (χ4v) is 13.8. The fraction of sp³-hybridized carbons (Fsp3) is 1.00. The van der Waals surface area contributed by atoms with Crippen LogP contribution < -0.4 is 0 Å². The fourth-order valence-electron chi connectivity index (χ4n) is 1.96. The summed E-state index contributed by atoms with van der Waals surface area (Å²) in [5.41, 5.74) is 0. The molecule has 0 unspecified atom stereocenters. The summed E-state index contributed by atoms with van der Waals surface area (Å²) in [5, 5.41) is 0. The lowest BCUT2D eigenvalue weighted by molar-refractivity contribution is 0.215. The van der Waals surface area contributed by atoms with Crippen LogP contribution in [0.15, 0.2) is 0 Å². The highest BCUT2D eigenvalue weighted by Gasteiger charge is 2.41. The van der Waals surface area contributed by atoms with Gasteiger partial charge in [-0.15, -0.1) is 0 Å². The summed E-state index contributed by atoms with van der Waals surface area (Å²) in [7, 11) is -6.29. The molecule has 0 N–H and O–H groups in total. The SMILES string of the molecule is CCO[Si](C)(C)O[Si](C)(C)O[Si](C)(C)OCC. The smallest absolute Gasteiger partial charge is 0.322 e. The molecule has 0 atom stereocenters. The second kappa shape index (κ2) is 6.60. The largest absolute Gasteiger partial charge is 0.415 e. The molecule has 4 nitrogen and oxygen atoms in total. The number of rotatable bonds is 8. The van der Waals surface area contributed by atoms with E-state index in [1.54, 1.807) is 0 Å². The Morgan fingerprint density at radius 3 is 1.12 bits per heavy atom. The van der Waals surface area contributed by atoms with E-state index in [2.05, 4.69) is 39.3 Å². The third kappa shape index (κ3) is 8.25. The molecule has 0 saturated heterocycles. The first kappa shape index (κ1) is 17.5. The molecule has 0 radical (unpaired) electrons. The van der Waals surface area contributed by atoms with Crippen LogP contribution in [0.4, 0.5) is 0 Å². The van der Waals surface area contributed by atoms with E-state index in [0.717, 1.165) is 0 Å². The summed E-state index contributed by atoms with van der Waals surface area (Å²) < 4.78 is 23.6. The van der Waals surface area contributed by atoms with Crippen LogP contribution >= 0.6 is 0 Å². The van der Waals surface area contributed by atoms with E-state index in [0.29, 0.717) is 13.2 Å². The molecule has 0 aliphatic rings. The summed E-state index contributed by atoms with van der Waals surface area (Å²) in [4.78, 5) is 0. The Hall–Kier alpha value is 0.491. The van der Waals surface area contributed by atoms with Crippen molar-refractivity contribution in [2.45, 2.75) is 53.1 Å². The van der Waals surface area contributed by atoms with Gasteiger partial charge in [0.1, 0.15) is 0 Å². The lowest BCUT2D eigenvalue weighted by Crippen LogP contribution is -2.54. The van der Waals surface area contributed by atoms with Crippen molar-refractivity contribution in [3.8, 4) is 0 Å². The molecular weight excluding hydrogens is 268 g/mol. The minimum absolute atomic E-state index is 0.690. The standard InChI is InChI=1S/C10H28O4Si3/c1-9-11-15(3,4)13-17(7,8)14-16(5,6)12-10-2/h9-10H2,1-8H3. The van der Waals surface area contributed by atoms with E-state index >= 15 is 0 Å². The molecule has 0 aromatic rings. The van der Waals surface area contributed by atoms with Gasteiger partial charge in [0.15, 0.2) is 0 Å². The predicted molar refractivity (Wildman–Crippen MR) is 77.9 cm³/mol. The molecule has 7 heteroatoms.